The minimum Gasteiger partial charge on any atom is -0.349 e. The summed E-state index contributed by atoms with van der Waals surface area (Å²) >= 11 is 0. The molecule has 1 aromatic carbocycles. The number of benzene rings is 1. The van der Waals surface area contributed by atoms with Crippen molar-refractivity contribution in [1.82, 2.24) is 15.1 Å². The Morgan fingerprint density at radius 3 is 2.57 bits per heavy atom. The first-order valence-corrected chi connectivity index (χ1v) is 7.98. The fraction of sp³-hybridized carbons (Fsp3) is 0.529. The third kappa shape index (κ3) is 4.07. The molecule has 1 saturated heterocycles. The van der Waals surface area contributed by atoms with Gasteiger partial charge in [-0.3, -0.25) is 14.5 Å². The van der Waals surface area contributed by atoms with E-state index >= 15 is 0 Å². The van der Waals surface area contributed by atoms with Crippen LogP contribution in [0, 0.1) is 5.82 Å². The van der Waals surface area contributed by atoms with E-state index in [9.17, 15) is 14.0 Å². The van der Waals surface area contributed by atoms with E-state index in [1.54, 1.807) is 24.1 Å². The SMILES string of the molecule is CN1CCN(CC(=O)NC2(Cc3ccc(F)cc3)CC2)CC1=O. The third-order valence-corrected chi connectivity index (χ3v) is 4.62. The van der Waals surface area contributed by atoms with Crippen molar-refractivity contribution in [2.75, 3.05) is 33.2 Å². The molecule has 1 heterocycles. The number of likely N-dealkylation sites (N-methyl/N-ethyl adjacent to an activating group) is 1. The maximum absolute atomic E-state index is 13.0. The van der Waals surface area contributed by atoms with Gasteiger partial charge in [0.15, 0.2) is 0 Å². The van der Waals surface area contributed by atoms with Crippen molar-refractivity contribution in [3.63, 3.8) is 0 Å². The zero-order valence-electron chi connectivity index (χ0n) is 13.3. The van der Waals surface area contributed by atoms with Gasteiger partial charge in [-0.25, -0.2) is 4.39 Å². The van der Waals surface area contributed by atoms with Crippen molar-refractivity contribution in [2.24, 2.45) is 0 Å². The molecule has 0 aromatic heterocycles. The zero-order chi connectivity index (χ0) is 16.4. The number of nitrogens with zero attached hydrogens (tertiary/aromatic N) is 2. The molecule has 1 aliphatic carbocycles. The van der Waals surface area contributed by atoms with Gasteiger partial charge in [-0.05, 0) is 37.0 Å². The highest BCUT2D eigenvalue weighted by Gasteiger charge is 2.44. The fourth-order valence-corrected chi connectivity index (χ4v) is 2.97. The zero-order valence-corrected chi connectivity index (χ0v) is 13.3. The lowest BCUT2D eigenvalue weighted by atomic mass is 10.0. The standard InChI is InChI=1S/C17H22FN3O2/c1-20-8-9-21(12-16(20)23)11-15(22)19-17(6-7-17)10-13-2-4-14(18)5-3-13/h2-5H,6-12H2,1H3,(H,19,22). The number of nitrogens with one attached hydrogen (secondary N) is 1. The first-order chi connectivity index (χ1) is 11.0. The van der Waals surface area contributed by atoms with E-state index in [0.717, 1.165) is 31.4 Å². The van der Waals surface area contributed by atoms with Crippen LogP contribution in [0.3, 0.4) is 0 Å². The summed E-state index contributed by atoms with van der Waals surface area (Å²) in [6.07, 6.45) is 2.61. The van der Waals surface area contributed by atoms with E-state index in [-0.39, 0.29) is 29.7 Å². The number of halogens is 1. The predicted molar refractivity (Wildman–Crippen MR) is 84.3 cm³/mol. The van der Waals surface area contributed by atoms with E-state index in [1.807, 2.05) is 4.90 Å². The van der Waals surface area contributed by atoms with Crippen molar-refractivity contribution in [1.29, 1.82) is 0 Å². The van der Waals surface area contributed by atoms with Crippen molar-refractivity contribution < 1.29 is 14.0 Å². The topological polar surface area (TPSA) is 52.6 Å². The highest BCUT2D eigenvalue weighted by atomic mass is 19.1. The highest BCUT2D eigenvalue weighted by molar-refractivity contribution is 5.82. The monoisotopic (exact) mass is 319 g/mol. The average Bonchev–Trinajstić information content (AvgIpc) is 3.24. The Hall–Kier alpha value is -1.95. The number of carbonyl (C=O) groups is 2. The molecule has 23 heavy (non-hydrogen) atoms. The van der Waals surface area contributed by atoms with Crippen LogP contribution in [0.25, 0.3) is 0 Å². The number of rotatable bonds is 5. The molecule has 2 fully saturated rings. The number of piperazine rings is 1. The van der Waals surface area contributed by atoms with Gasteiger partial charge in [0.1, 0.15) is 5.82 Å². The molecular formula is C17H22FN3O2. The Bertz CT molecular complexity index is 598. The molecule has 1 aromatic rings. The lowest BCUT2D eigenvalue weighted by Gasteiger charge is -2.31. The summed E-state index contributed by atoms with van der Waals surface area (Å²) in [7, 11) is 1.78. The van der Waals surface area contributed by atoms with Gasteiger partial charge in [0.05, 0.1) is 13.1 Å². The summed E-state index contributed by atoms with van der Waals surface area (Å²) in [6.45, 7) is 1.94. The summed E-state index contributed by atoms with van der Waals surface area (Å²) in [4.78, 5) is 27.5. The third-order valence-electron chi connectivity index (χ3n) is 4.62. The molecule has 3 rings (SSSR count). The number of carbonyl (C=O) groups excluding carboxylic acids is 2. The van der Waals surface area contributed by atoms with E-state index in [0.29, 0.717) is 13.1 Å². The molecule has 1 N–H and O–H groups in total. The molecular weight excluding hydrogens is 297 g/mol. The molecule has 0 radical (unpaired) electrons. The number of amides is 2. The molecule has 0 spiro atoms. The van der Waals surface area contributed by atoms with Gasteiger partial charge < -0.3 is 10.2 Å². The van der Waals surface area contributed by atoms with E-state index < -0.39 is 0 Å². The Kier molecular flexibility index (Phi) is 4.35. The lowest BCUT2D eigenvalue weighted by Crippen LogP contribution is -2.52. The van der Waals surface area contributed by atoms with Crippen LogP contribution in [0.2, 0.25) is 0 Å². The molecule has 5 nitrogen and oxygen atoms in total. The van der Waals surface area contributed by atoms with Crippen LogP contribution in [-0.2, 0) is 16.0 Å². The lowest BCUT2D eigenvalue weighted by molar-refractivity contribution is -0.135. The second-order valence-electron chi connectivity index (χ2n) is 6.66. The Morgan fingerprint density at radius 1 is 1.26 bits per heavy atom. The van der Waals surface area contributed by atoms with Crippen LogP contribution >= 0.6 is 0 Å². The van der Waals surface area contributed by atoms with Gasteiger partial charge in [0.25, 0.3) is 0 Å². The molecule has 2 amide bonds. The second kappa shape index (κ2) is 6.28. The van der Waals surface area contributed by atoms with Gasteiger partial charge in [-0.15, -0.1) is 0 Å². The molecule has 0 atom stereocenters. The molecule has 2 aliphatic rings. The van der Waals surface area contributed by atoms with Gasteiger partial charge in [-0.1, -0.05) is 12.1 Å². The van der Waals surface area contributed by atoms with Crippen LogP contribution in [0.5, 0.6) is 0 Å². The first-order valence-electron chi connectivity index (χ1n) is 7.98. The van der Waals surface area contributed by atoms with Crippen LogP contribution in [0.4, 0.5) is 4.39 Å². The summed E-state index contributed by atoms with van der Waals surface area (Å²) < 4.78 is 13.0. The van der Waals surface area contributed by atoms with Crippen molar-refractivity contribution in [3.05, 3.63) is 35.6 Å². The number of hydrogen-bond acceptors (Lipinski definition) is 3. The quantitative estimate of drug-likeness (QED) is 0.873. The molecule has 124 valence electrons. The average molecular weight is 319 g/mol. The van der Waals surface area contributed by atoms with Crippen LogP contribution in [-0.4, -0.2) is 60.4 Å². The van der Waals surface area contributed by atoms with Crippen molar-refractivity contribution in [2.45, 2.75) is 24.8 Å². The normalized spacial score (nSPS) is 20.4. The van der Waals surface area contributed by atoms with E-state index in [4.69, 9.17) is 0 Å². The molecule has 0 bridgehead atoms. The summed E-state index contributed by atoms with van der Waals surface area (Å²) in [6, 6.07) is 6.42. The van der Waals surface area contributed by atoms with Crippen molar-refractivity contribution in [3.8, 4) is 0 Å². The first kappa shape index (κ1) is 15.9. The molecule has 6 heteroatoms. The number of hydrogen-bond donors (Lipinski definition) is 1. The molecule has 0 unspecified atom stereocenters. The molecule has 1 saturated carbocycles. The predicted octanol–water partition coefficient (Wildman–Crippen LogP) is 0.791. The van der Waals surface area contributed by atoms with Gasteiger partial charge in [-0.2, -0.15) is 0 Å². The Balaban J connectivity index is 1.51. The van der Waals surface area contributed by atoms with Gasteiger partial charge >= 0.3 is 0 Å². The second-order valence-corrected chi connectivity index (χ2v) is 6.66. The smallest absolute Gasteiger partial charge is 0.236 e. The van der Waals surface area contributed by atoms with Crippen LogP contribution in [0.15, 0.2) is 24.3 Å². The highest BCUT2D eigenvalue weighted by Crippen LogP contribution is 2.38. The largest absolute Gasteiger partial charge is 0.349 e. The Morgan fingerprint density at radius 2 is 1.96 bits per heavy atom. The summed E-state index contributed by atoms with van der Waals surface area (Å²) in [5.41, 5.74) is 0.838. The fourth-order valence-electron chi connectivity index (χ4n) is 2.97. The maximum Gasteiger partial charge on any atom is 0.236 e. The van der Waals surface area contributed by atoms with Crippen LogP contribution < -0.4 is 5.32 Å². The van der Waals surface area contributed by atoms with Crippen LogP contribution in [0.1, 0.15) is 18.4 Å². The molecule has 1 aliphatic heterocycles. The van der Waals surface area contributed by atoms with Crippen molar-refractivity contribution >= 4 is 11.8 Å². The minimum absolute atomic E-state index is 0.0398. The van der Waals surface area contributed by atoms with E-state index in [2.05, 4.69) is 5.32 Å². The van der Waals surface area contributed by atoms with Gasteiger partial charge in [0.2, 0.25) is 11.8 Å². The minimum atomic E-state index is -0.248. The Labute approximate surface area is 135 Å². The maximum atomic E-state index is 13.0. The van der Waals surface area contributed by atoms with Gasteiger partial charge in [0, 0.05) is 25.7 Å². The summed E-state index contributed by atoms with van der Waals surface area (Å²) in [5, 5.41) is 3.10. The van der Waals surface area contributed by atoms with E-state index in [1.165, 1.54) is 12.1 Å². The summed E-state index contributed by atoms with van der Waals surface area (Å²) in [5.74, 6) is -0.235.